The summed E-state index contributed by atoms with van der Waals surface area (Å²) in [7, 11) is -3.10. The molecule has 1 aromatic carbocycles. The summed E-state index contributed by atoms with van der Waals surface area (Å²) in [6, 6.07) is 7.40. The van der Waals surface area contributed by atoms with Gasteiger partial charge >= 0.3 is 0 Å². The molecule has 2 atom stereocenters. The molecule has 0 bridgehead atoms. The van der Waals surface area contributed by atoms with Crippen molar-refractivity contribution in [2.45, 2.75) is 37.1 Å². The van der Waals surface area contributed by atoms with Crippen LogP contribution in [-0.4, -0.2) is 32.4 Å². The lowest BCUT2D eigenvalue weighted by molar-refractivity contribution is 0.227. The van der Waals surface area contributed by atoms with Gasteiger partial charge in [0.15, 0.2) is 9.84 Å². The van der Waals surface area contributed by atoms with E-state index in [1.807, 2.05) is 19.1 Å². The first-order valence-electron chi connectivity index (χ1n) is 7.20. The van der Waals surface area contributed by atoms with Crippen molar-refractivity contribution in [1.29, 1.82) is 0 Å². The molecule has 0 fully saturated rings. The minimum atomic E-state index is -3.10. The van der Waals surface area contributed by atoms with Gasteiger partial charge in [-0.3, -0.25) is 0 Å². The van der Waals surface area contributed by atoms with Crippen molar-refractivity contribution in [1.82, 2.24) is 5.32 Å². The summed E-state index contributed by atoms with van der Waals surface area (Å²) in [6.07, 6.45) is 2.61. The number of fused-ring (bicyclic) bond motifs is 1. The number of aliphatic hydroxyl groups is 1. The van der Waals surface area contributed by atoms with E-state index >= 15 is 0 Å². The molecule has 5 heteroatoms. The predicted molar refractivity (Wildman–Crippen MR) is 79.3 cm³/mol. The summed E-state index contributed by atoms with van der Waals surface area (Å²) < 4.78 is 24.0. The van der Waals surface area contributed by atoms with Crippen LogP contribution in [0.15, 0.2) is 29.2 Å². The third-order valence-corrected chi connectivity index (χ3v) is 5.70. The third kappa shape index (κ3) is 3.59. The van der Waals surface area contributed by atoms with E-state index in [1.165, 1.54) is 0 Å². The molecule has 0 amide bonds. The van der Waals surface area contributed by atoms with E-state index in [9.17, 15) is 8.42 Å². The summed E-state index contributed by atoms with van der Waals surface area (Å²) in [4.78, 5) is 0.479. The van der Waals surface area contributed by atoms with Crippen LogP contribution in [0.25, 0.3) is 0 Å². The second-order valence-electron chi connectivity index (χ2n) is 5.58. The lowest BCUT2D eigenvalue weighted by Gasteiger charge is -2.26. The van der Waals surface area contributed by atoms with Crippen molar-refractivity contribution in [3.05, 3.63) is 29.8 Å². The number of rotatable bonds is 6. The Hall–Kier alpha value is -0.910. The van der Waals surface area contributed by atoms with Crippen LogP contribution in [0, 0.1) is 5.92 Å². The van der Waals surface area contributed by atoms with Gasteiger partial charge in [0.1, 0.15) is 0 Å². The van der Waals surface area contributed by atoms with Crippen molar-refractivity contribution in [2.75, 3.05) is 18.9 Å². The fourth-order valence-electron chi connectivity index (χ4n) is 2.62. The van der Waals surface area contributed by atoms with E-state index in [1.54, 1.807) is 12.1 Å². The SMILES string of the molecule is CC(CO)CCCNC1CCS(=O)(=O)c2ccccc21. The maximum Gasteiger partial charge on any atom is 0.178 e. The maximum atomic E-state index is 12.0. The molecule has 0 aromatic heterocycles. The molecule has 0 aliphatic carbocycles. The molecule has 2 N–H and O–H groups in total. The molecule has 0 saturated heterocycles. The van der Waals surface area contributed by atoms with Crippen molar-refractivity contribution in [3.8, 4) is 0 Å². The lowest BCUT2D eigenvalue weighted by atomic mass is 10.0. The van der Waals surface area contributed by atoms with E-state index in [4.69, 9.17) is 5.11 Å². The smallest absolute Gasteiger partial charge is 0.178 e. The topological polar surface area (TPSA) is 66.4 Å². The van der Waals surface area contributed by atoms with Crippen molar-refractivity contribution in [3.63, 3.8) is 0 Å². The average molecular weight is 297 g/mol. The van der Waals surface area contributed by atoms with Crippen LogP contribution in [0.2, 0.25) is 0 Å². The number of nitrogens with one attached hydrogen (secondary N) is 1. The fraction of sp³-hybridized carbons (Fsp3) is 0.600. The number of benzene rings is 1. The molecule has 1 aliphatic rings. The molecule has 1 heterocycles. The Morgan fingerprint density at radius 2 is 2.15 bits per heavy atom. The van der Waals surface area contributed by atoms with Crippen molar-refractivity contribution >= 4 is 9.84 Å². The largest absolute Gasteiger partial charge is 0.396 e. The Morgan fingerprint density at radius 3 is 2.90 bits per heavy atom. The van der Waals surface area contributed by atoms with Gasteiger partial charge in [0, 0.05) is 12.6 Å². The molecule has 0 saturated carbocycles. The van der Waals surface area contributed by atoms with Gasteiger partial charge in [-0.1, -0.05) is 25.1 Å². The highest BCUT2D eigenvalue weighted by Gasteiger charge is 2.29. The summed E-state index contributed by atoms with van der Waals surface area (Å²) in [5.74, 6) is 0.546. The molecule has 0 spiro atoms. The van der Waals surface area contributed by atoms with Gasteiger partial charge in [-0.2, -0.15) is 0 Å². The zero-order valence-electron chi connectivity index (χ0n) is 11.9. The quantitative estimate of drug-likeness (QED) is 0.787. The van der Waals surface area contributed by atoms with Gasteiger partial charge in [0.25, 0.3) is 0 Å². The number of sulfone groups is 1. The highest BCUT2D eigenvalue weighted by molar-refractivity contribution is 7.91. The minimum absolute atomic E-state index is 0.124. The first kappa shape index (κ1) is 15.5. The Bertz CT molecular complexity index is 542. The van der Waals surface area contributed by atoms with Crippen LogP contribution < -0.4 is 5.32 Å². The molecule has 2 unspecified atom stereocenters. The Labute approximate surface area is 121 Å². The van der Waals surface area contributed by atoms with Crippen molar-refractivity contribution in [2.24, 2.45) is 5.92 Å². The van der Waals surface area contributed by atoms with Crippen LogP contribution in [0.4, 0.5) is 0 Å². The third-order valence-electron chi connectivity index (χ3n) is 3.88. The van der Waals surface area contributed by atoms with Crippen LogP contribution >= 0.6 is 0 Å². The van der Waals surface area contributed by atoms with E-state index in [0.29, 0.717) is 17.2 Å². The highest BCUT2D eigenvalue weighted by Crippen LogP contribution is 2.31. The zero-order valence-corrected chi connectivity index (χ0v) is 12.7. The first-order valence-corrected chi connectivity index (χ1v) is 8.85. The Balaban J connectivity index is 1.97. The zero-order chi connectivity index (χ0) is 14.6. The summed E-state index contributed by atoms with van der Waals surface area (Å²) >= 11 is 0. The van der Waals surface area contributed by atoms with E-state index in [0.717, 1.165) is 24.9 Å². The van der Waals surface area contributed by atoms with Crippen LogP contribution in [-0.2, 0) is 9.84 Å². The second kappa shape index (κ2) is 6.70. The van der Waals surface area contributed by atoms with Crippen LogP contribution in [0.5, 0.6) is 0 Å². The van der Waals surface area contributed by atoms with Crippen LogP contribution in [0.1, 0.15) is 37.8 Å². The molecular formula is C15H23NO3S. The number of hydrogen-bond donors (Lipinski definition) is 2. The van der Waals surface area contributed by atoms with Crippen molar-refractivity contribution < 1.29 is 13.5 Å². The Morgan fingerprint density at radius 1 is 1.40 bits per heavy atom. The lowest BCUT2D eigenvalue weighted by Crippen LogP contribution is -2.30. The van der Waals surface area contributed by atoms with Gasteiger partial charge in [-0.05, 0) is 43.4 Å². The van der Waals surface area contributed by atoms with Gasteiger partial charge < -0.3 is 10.4 Å². The molecule has 1 aliphatic heterocycles. The summed E-state index contributed by atoms with van der Waals surface area (Å²) in [5.41, 5.74) is 0.897. The molecule has 0 radical (unpaired) electrons. The molecular weight excluding hydrogens is 274 g/mol. The van der Waals surface area contributed by atoms with E-state index in [2.05, 4.69) is 5.32 Å². The van der Waals surface area contributed by atoms with Crippen LogP contribution in [0.3, 0.4) is 0 Å². The van der Waals surface area contributed by atoms with Gasteiger partial charge in [0.2, 0.25) is 0 Å². The first-order chi connectivity index (χ1) is 9.54. The number of aliphatic hydroxyl groups excluding tert-OH is 1. The summed E-state index contributed by atoms with van der Waals surface area (Å²) in [5, 5.41) is 12.4. The second-order valence-corrected chi connectivity index (χ2v) is 7.66. The number of hydrogen-bond acceptors (Lipinski definition) is 4. The molecule has 4 nitrogen and oxygen atoms in total. The van der Waals surface area contributed by atoms with Gasteiger partial charge in [-0.25, -0.2) is 8.42 Å². The average Bonchev–Trinajstić information content (AvgIpc) is 2.45. The van der Waals surface area contributed by atoms with Gasteiger partial charge in [0.05, 0.1) is 10.6 Å². The highest BCUT2D eigenvalue weighted by atomic mass is 32.2. The minimum Gasteiger partial charge on any atom is -0.396 e. The molecule has 112 valence electrons. The molecule has 2 rings (SSSR count). The Kier molecular flexibility index (Phi) is 5.18. The summed E-state index contributed by atoms with van der Waals surface area (Å²) in [6.45, 7) is 3.11. The standard InChI is InChI=1S/C15H23NO3S/c1-12(11-17)5-4-9-16-14-8-10-20(18,19)15-7-3-2-6-13(14)15/h2-3,6-7,12,14,16-17H,4-5,8-11H2,1H3. The fourth-order valence-corrected chi connectivity index (χ4v) is 4.24. The van der Waals surface area contributed by atoms with E-state index < -0.39 is 9.84 Å². The monoisotopic (exact) mass is 297 g/mol. The maximum absolute atomic E-state index is 12.0. The van der Waals surface area contributed by atoms with E-state index in [-0.39, 0.29) is 18.4 Å². The van der Waals surface area contributed by atoms with Gasteiger partial charge in [-0.15, -0.1) is 0 Å². The molecule has 1 aromatic rings. The normalized spacial score (nSPS) is 22.2. The predicted octanol–water partition coefficient (Wildman–Crippen LogP) is 1.90. The molecule has 20 heavy (non-hydrogen) atoms.